The van der Waals surface area contributed by atoms with E-state index in [9.17, 15) is 67.7 Å². The van der Waals surface area contributed by atoms with Crippen LogP contribution in [0.1, 0.15) is 46.0 Å². The van der Waals surface area contributed by atoms with E-state index in [-0.39, 0.29) is 12.3 Å². The molecule has 0 aromatic carbocycles. The average molecular weight is 530 g/mol. The number of esters is 1. The van der Waals surface area contributed by atoms with Crippen molar-refractivity contribution in [2.45, 2.75) is 88.0 Å². The molecular weight excluding hydrogens is 508 g/mol. The fourth-order valence-corrected chi connectivity index (χ4v) is 3.94. The molecule has 0 aromatic heterocycles. The molecule has 2 unspecified atom stereocenters. The van der Waals surface area contributed by atoms with Crippen LogP contribution in [0.4, 0.5) is 52.7 Å². The van der Waals surface area contributed by atoms with E-state index in [1.807, 2.05) is 0 Å². The third kappa shape index (κ3) is 5.85. The van der Waals surface area contributed by atoms with Gasteiger partial charge in [-0.05, 0) is 31.6 Å². The lowest BCUT2D eigenvalue weighted by atomic mass is 9.65. The number of rotatable bonds is 6. The van der Waals surface area contributed by atoms with Crippen molar-refractivity contribution in [3.63, 3.8) is 0 Å². The standard InChI is InChI=1S/C18H22F12O4/c1-8(2)3-4-12(31)34-11-6-9(13(32,15(19,20)21)16(22,23)24)5-10(7-11)14(33,17(25,26)27)18(28,29)30/h8-11,32-33H,3-7H2,1-2H3. The van der Waals surface area contributed by atoms with Crippen molar-refractivity contribution in [1.29, 1.82) is 0 Å². The monoisotopic (exact) mass is 530 g/mol. The van der Waals surface area contributed by atoms with E-state index in [0.717, 1.165) is 0 Å². The SMILES string of the molecule is CC(C)CCC(=O)OC1CC(C(O)(C(F)(F)F)C(F)(F)F)CC(C(O)(C(F)(F)F)C(F)(F)F)C1. The Hall–Kier alpha value is -1.45. The lowest BCUT2D eigenvalue weighted by Gasteiger charge is -2.48. The van der Waals surface area contributed by atoms with Gasteiger partial charge in [-0.25, -0.2) is 0 Å². The van der Waals surface area contributed by atoms with Gasteiger partial charge in [0.1, 0.15) is 6.10 Å². The van der Waals surface area contributed by atoms with Gasteiger partial charge < -0.3 is 14.9 Å². The van der Waals surface area contributed by atoms with Crippen molar-refractivity contribution in [2.75, 3.05) is 0 Å². The van der Waals surface area contributed by atoms with Gasteiger partial charge in [-0.15, -0.1) is 0 Å². The fraction of sp³-hybridized carbons (Fsp3) is 0.944. The highest BCUT2D eigenvalue weighted by molar-refractivity contribution is 5.69. The van der Waals surface area contributed by atoms with Crippen LogP contribution >= 0.6 is 0 Å². The number of halogens is 12. The van der Waals surface area contributed by atoms with Crippen molar-refractivity contribution in [1.82, 2.24) is 0 Å². The summed E-state index contributed by atoms with van der Waals surface area (Å²) in [5, 5.41) is 19.2. The molecule has 2 N–H and O–H groups in total. The van der Waals surface area contributed by atoms with Gasteiger partial charge in [-0.2, -0.15) is 52.7 Å². The Bertz CT molecular complexity index is 634. The number of ether oxygens (including phenoxy) is 1. The molecule has 0 amide bonds. The van der Waals surface area contributed by atoms with E-state index in [2.05, 4.69) is 4.74 Å². The maximum Gasteiger partial charge on any atom is 0.426 e. The zero-order valence-electron chi connectivity index (χ0n) is 17.6. The predicted octanol–water partition coefficient (Wildman–Crippen LogP) is 5.46. The Kier molecular flexibility index (Phi) is 8.58. The molecule has 0 aromatic rings. The normalized spacial score (nSPS) is 23.9. The molecule has 1 aliphatic rings. The fourth-order valence-electron chi connectivity index (χ4n) is 3.94. The summed E-state index contributed by atoms with van der Waals surface area (Å²) in [5.74, 6) is -8.15. The minimum absolute atomic E-state index is 0.0858. The van der Waals surface area contributed by atoms with Crippen LogP contribution < -0.4 is 0 Å². The zero-order valence-corrected chi connectivity index (χ0v) is 17.6. The number of carbonyl (C=O) groups is 1. The first-order valence-corrected chi connectivity index (χ1v) is 9.80. The summed E-state index contributed by atoms with van der Waals surface area (Å²) in [6.07, 6.45) is -34.3. The summed E-state index contributed by atoms with van der Waals surface area (Å²) in [5.41, 5.74) is -11.5. The van der Waals surface area contributed by atoms with E-state index in [4.69, 9.17) is 0 Å². The molecular formula is C18H22F12O4. The van der Waals surface area contributed by atoms with Crippen LogP contribution in [-0.4, -0.2) is 58.2 Å². The molecule has 0 heterocycles. The van der Waals surface area contributed by atoms with Crippen LogP contribution in [0.15, 0.2) is 0 Å². The third-order valence-corrected chi connectivity index (χ3v) is 5.80. The number of alkyl halides is 12. The van der Waals surface area contributed by atoms with Crippen molar-refractivity contribution in [3.05, 3.63) is 0 Å². The number of carbonyl (C=O) groups excluding carboxylic acids is 1. The summed E-state index contributed by atoms with van der Waals surface area (Å²) in [4.78, 5) is 11.9. The van der Waals surface area contributed by atoms with Crippen LogP contribution in [0, 0.1) is 17.8 Å². The Labute approximate surface area is 185 Å². The molecule has 1 aliphatic carbocycles. The number of hydrogen-bond acceptors (Lipinski definition) is 4. The van der Waals surface area contributed by atoms with Crippen molar-refractivity contribution < 1.29 is 72.4 Å². The van der Waals surface area contributed by atoms with Crippen LogP contribution in [0.5, 0.6) is 0 Å². The first-order chi connectivity index (χ1) is 14.9. The molecule has 4 nitrogen and oxygen atoms in total. The molecule has 16 heteroatoms. The summed E-state index contributed by atoms with van der Waals surface area (Å²) in [6.45, 7) is 3.22. The molecule has 0 aliphatic heterocycles. The smallest absolute Gasteiger partial charge is 0.426 e. The molecule has 0 radical (unpaired) electrons. The molecule has 202 valence electrons. The highest BCUT2D eigenvalue weighted by Crippen LogP contribution is 2.57. The maximum atomic E-state index is 13.3. The summed E-state index contributed by atoms with van der Waals surface area (Å²) in [6, 6.07) is 0. The lowest BCUT2D eigenvalue weighted by Crippen LogP contribution is -2.67. The molecule has 0 bridgehead atoms. The average Bonchev–Trinajstić information content (AvgIpc) is 2.60. The van der Waals surface area contributed by atoms with Crippen molar-refractivity contribution in [3.8, 4) is 0 Å². The highest BCUT2D eigenvalue weighted by Gasteiger charge is 2.78. The number of hydrogen-bond donors (Lipinski definition) is 2. The topological polar surface area (TPSA) is 66.8 Å². The molecule has 1 fully saturated rings. The summed E-state index contributed by atoms with van der Waals surface area (Å²) < 4.78 is 164. The second-order valence-electron chi connectivity index (χ2n) is 8.67. The van der Waals surface area contributed by atoms with Crippen LogP contribution in [0.25, 0.3) is 0 Å². The second-order valence-corrected chi connectivity index (χ2v) is 8.67. The zero-order chi connectivity index (χ0) is 27.1. The number of aliphatic hydroxyl groups is 2. The predicted molar refractivity (Wildman–Crippen MR) is 88.9 cm³/mol. The Morgan fingerprint density at radius 2 is 1.06 bits per heavy atom. The minimum atomic E-state index is -6.57. The van der Waals surface area contributed by atoms with Crippen LogP contribution in [-0.2, 0) is 9.53 Å². The Balaban J connectivity index is 3.56. The van der Waals surface area contributed by atoms with Gasteiger partial charge in [-0.3, -0.25) is 4.79 Å². The van der Waals surface area contributed by atoms with Gasteiger partial charge in [0.15, 0.2) is 0 Å². The van der Waals surface area contributed by atoms with Gasteiger partial charge in [0, 0.05) is 18.3 Å². The van der Waals surface area contributed by atoms with Gasteiger partial charge in [-0.1, -0.05) is 13.8 Å². The van der Waals surface area contributed by atoms with Gasteiger partial charge in [0.05, 0.1) is 0 Å². The maximum absolute atomic E-state index is 13.3. The van der Waals surface area contributed by atoms with Gasteiger partial charge in [0.25, 0.3) is 11.2 Å². The van der Waals surface area contributed by atoms with Crippen molar-refractivity contribution >= 4 is 5.97 Å². The molecule has 2 atom stereocenters. The van der Waals surface area contributed by atoms with E-state index in [0.29, 0.717) is 0 Å². The van der Waals surface area contributed by atoms with E-state index < -0.39 is 85.5 Å². The first kappa shape index (κ1) is 30.6. The summed E-state index contributed by atoms with van der Waals surface area (Å²) in [7, 11) is 0. The third-order valence-electron chi connectivity index (χ3n) is 5.80. The van der Waals surface area contributed by atoms with Crippen molar-refractivity contribution in [2.24, 2.45) is 17.8 Å². The summed E-state index contributed by atoms with van der Waals surface area (Å²) >= 11 is 0. The van der Waals surface area contributed by atoms with Crippen LogP contribution in [0.2, 0.25) is 0 Å². The Morgan fingerprint density at radius 1 is 0.735 bits per heavy atom. The van der Waals surface area contributed by atoms with Crippen LogP contribution in [0.3, 0.4) is 0 Å². The quantitative estimate of drug-likeness (QED) is 0.354. The molecule has 34 heavy (non-hydrogen) atoms. The molecule has 0 spiro atoms. The highest BCUT2D eigenvalue weighted by atomic mass is 19.4. The molecule has 1 rings (SSSR count). The largest absolute Gasteiger partial charge is 0.462 e. The lowest BCUT2D eigenvalue weighted by molar-refractivity contribution is -0.405. The molecule has 1 saturated carbocycles. The van der Waals surface area contributed by atoms with Gasteiger partial charge >= 0.3 is 30.7 Å². The van der Waals surface area contributed by atoms with E-state index >= 15 is 0 Å². The minimum Gasteiger partial charge on any atom is -0.462 e. The molecule has 0 saturated heterocycles. The Morgan fingerprint density at radius 3 is 1.32 bits per heavy atom. The van der Waals surface area contributed by atoms with E-state index in [1.54, 1.807) is 13.8 Å². The second kappa shape index (κ2) is 9.54. The van der Waals surface area contributed by atoms with E-state index in [1.165, 1.54) is 0 Å². The van der Waals surface area contributed by atoms with Gasteiger partial charge in [0.2, 0.25) is 0 Å². The first-order valence-electron chi connectivity index (χ1n) is 9.80.